The summed E-state index contributed by atoms with van der Waals surface area (Å²) in [7, 11) is 0. The van der Waals surface area contributed by atoms with E-state index in [4.69, 9.17) is 46.0 Å². The Labute approximate surface area is 205 Å². The molecule has 4 rings (SSSR count). The van der Waals surface area contributed by atoms with Crippen molar-refractivity contribution < 1.29 is 30.2 Å². The topological polar surface area (TPSA) is 78.0 Å². The fraction of sp³-hybridized carbons (Fsp3) is 0.333. The molecule has 170 valence electrons. The third kappa shape index (κ3) is 4.65. The number of alkyl halides is 2. The van der Waals surface area contributed by atoms with E-state index in [2.05, 4.69) is 10.1 Å². The largest absolute Gasteiger partial charge is 0.476 e. The third-order valence-electron chi connectivity index (χ3n) is 4.33. The maximum atomic E-state index is 14.2. The number of nitrogens with one attached hydrogen (secondary N) is 1. The summed E-state index contributed by atoms with van der Waals surface area (Å²) in [6.07, 6.45) is -9.75. The van der Waals surface area contributed by atoms with E-state index in [9.17, 15) is 13.2 Å². The first-order valence-corrected chi connectivity index (χ1v) is 9.63. The number of rotatable bonds is 6. The smallest absolute Gasteiger partial charge is 0.279 e. The molecular weight excluding hydrogens is 466 g/mol. The Morgan fingerprint density at radius 2 is 2.00 bits per heavy atom. The minimum Gasteiger partial charge on any atom is -0.476 e. The number of piperidine rings is 1. The molecule has 6 nitrogen and oxygen atoms in total. The van der Waals surface area contributed by atoms with Gasteiger partial charge in [-0.25, -0.2) is 18.2 Å². The lowest BCUT2D eigenvalue weighted by Gasteiger charge is -2.22. The molecule has 3 N–H and O–H groups in total. The van der Waals surface area contributed by atoms with Crippen LogP contribution in [0.4, 0.5) is 19.0 Å². The van der Waals surface area contributed by atoms with Crippen LogP contribution in [0.15, 0.2) is 36.8 Å². The molecule has 3 aromatic rings. The molecule has 3 heterocycles. The Balaban J connectivity index is 1.77. The molecule has 1 aliphatic rings. The zero-order valence-corrected chi connectivity index (χ0v) is 17.3. The van der Waals surface area contributed by atoms with Crippen LogP contribution in [0.3, 0.4) is 0 Å². The third-order valence-corrected chi connectivity index (χ3v) is 5.02. The van der Waals surface area contributed by atoms with Crippen molar-refractivity contribution in [3.05, 3.63) is 58.2 Å². The lowest BCUT2D eigenvalue weighted by Crippen LogP contribution is -2.29. The van der Waals surface area contributed by atoms with Gasteiger partial charge in [0.1, 0.15) is 5.82 Å². The first kappa shape index (κ1) is 13.9. The van der Waals surface area contributed by atoms with Gasteiger partial charge in [-0.15, -0.1) is 0 Å². The molecule has 11 heteroatoms. The van der Waals surface area contributed by atoms with Gasteiger partial charge < -0.3 is 15.8 Å². The van der Waals surface area contributed by atoms with Gasteiger partial charge in [0.25, 0.3) is 6.43 Å². The summed E-state index contributed by atoms with van der Waals surface area (Å²) in [5, 5.41) is 4.29. The Bertz CT molecular complexity index is 1470. The molecule has 32 heavy (non-hydrogen) atoms. The van der Waals surface area contributed by atoms with Crippen molar-refractivity contribution in [2.24, 2.45) is 0 Å². The second kappa shape index (κ2) is 9.56. The minimum absolute atomic E-state index is 0.0366. The quantitative estimate of drug-likeness (QED) is 0.455. The van der Waals surface area contributed by atoms with Gasteiger partial charge in [0.15, 0.2) is 17.6 Å². The molecule has 1 aliphatic heterocycles. The maximum Gasteiger partial charge on any atom is 0.279 e. The zero-order chi connectivity index (χ0) is 30.9. The number of halogens is 5. The number of benzene rings is 1. The Kier molecular flexibility index (Phi) is 4.16. The van der Waals surface area contributed by atoms with E-state index in [1.165, 1.54) is 0 Å². The number of aromatic nitrogens is 3. The summed E-state index contributed by atoms with van der Waals surface area (Å²) in [5.41, 5.74) is 5.02. The van der Waals surface area contributed by atoms with E-state index >= 15 is 0 Å². The number of pyridine rings is 1. The van der Waals surface area contributed by atoms with Crippen molar-refractivity contribution in [3.8, 4) is 16.9 Å². The molecule has 1 fully saturated rings. The summed E-state index contributed by atoms with van der Waals surface area (Å²) < 4.78 is 122. The first-order chi connectivity index (χ1) is 18.7. The second-order valence-electron chi connectivity index (χ2n) is 6.37. The van der Waals surface area contributed by atoms with Crippen molar-refractivity contribution in [1.82, 2.24) is 20.1 Å². The van der Waals surface area contributed by atoms with Crippen LogP contribution in [-0.2, 0) is 0 Å². The summed E-state index contributed by atoms with van der Waals surface area (Å²) in [4.78, 5) is 3.85. The molecule has 2 aromatic heterocycles. The molecule has 0 spiro atoms. The highest BCUT2D eigenvalue weighted by atomic mass is 35.5. The average Bonchev–Trinajstić information content (AvgIpc) is 3.30. The fourth-order valence-corrected chi connectivity index (χ4v) is 3.36. The maximum absolute atomic E-state index is 14.2. The van der Waals surface area contributed by atoms with Crippen molar-refractivity contribution in [3.63, 3.8) is 0 Å². The lowest BCUT2D eigenvalue weighted by atomic mass is 10.1. The first-order valence-electron chi connectivity index (χ1n) is 13.4. The molecule has 1 unspecified atom stereocenters. The number of ether oxygens (including phenoxy) is 1. The molecule has 0 aliphatic carbocycles. The normalized spacial score (nSPS) is 27.2. The van der Waals surface area contributed by atoms with Crippen molar-refractivity contribution in [1.29, 1.82) is 0 Å². The SMILES string of the molecule is [2H]C(Oc1cc(-c2cnn(C3C([2H])([2H])C([2H])([2H])NC([2H])([2H])C3([2H])[2H])c2)cnc1N)(c1c(Cl)ccc(F)c1Cl)C(F)F. The van der Waals surface area contributed by atoms with Crippen LogP contribution in [0.25, 0.3) is 11.1 Å². The van der Waals surface area contributed by atoms with E-state index in [1.54, 1.807) is 5.32 Å². The monoisotopic (exact) mass is 494 g/mol. The van der Waals surface area contributed by atoms with Crippen LogP contribution in [0.5, 0.6) is 5.75 Å². The van der Waals surface area contributed by atoms with Crippen LogP contribution in [0.1, 0.15) is 42.8 Å². The number of hydrogen-bond acceptors (Lipinski definition) is 5. The predicted octanol–water partition coefficient (Wildman–Crippen LogP) is 5.28. The van der Waals surface area contributed by atoms with Gasteiger partial charge in [0, 0.05) is 45.1 Å². The predicted molar refractivity (Wildman–Crippen MR) is 117 cm³/mol. The highest BCUT2D eigenvalue weighted by molar-refractivity contribution is 6.36. The highest BCUT2D eigenvalue weighted by Gasteiger charge is 2.31. The zero-order valence-electron chi connectivity index (χ0n) is 24.8. The van der Waals surface area contributed by atoms with E-state index in [0.29, 0.717) is 4.68 Å². The highest BCUT2D eigenvalue weighted by Crippen LogP contribution is 2.39. The standard InChI is InChI=1S/C21H20Cl2F3N5O/c22-14-1-2-15(24)18(23)17(14)19(20(25)26)32-16-7-11(8-29-21(16)27)12-9-30-31(10-12)13-3-5-28-6-4-13/h1-2,7-10,13,19-20,28H,3-6H2,(H2,27,29)/i3D2,4D2,5D2,6D2,19D. The van der Waals surface area contributed by atoms with Gasteiger partial charge in [-0.2, -0.15) is 5.10 Å². The molecule has 1 atom stereocenters. The molecule has 0 saturated carbocycles. The van der Waals surface area contributed by atoms with E-state index < -0.39 is 77.3 Å². The van der Waals surface area contributed by atoms with Crippen molar-refractivity contribution in [2.75, 3.05) is 18.7 Å². The summed E-state index contributed by atoms with van der Waals surface area (Å²) >= 11 is 11.8. The van der Waals surface area contributed by atoms with Crippen molar-refractivity contribution >= 4 is 29.0 Å². The number of anilines is 1. The van der Waals surface area contributed by atoms with E-state index in [-0.39, 0.29) is 11.1 Å². The van der Waals surface area contributed by atoms with Crippen LogP contribution in [0, 0.1) is 5.82 Å². The van der Waals surface area contributed by atoms with Gasteiger partial charge in [0.05, 0.1) is 18.6 Å². The summed E-state index contributed by atoms with van der Waals surface area (Å²) in [6, 6.07) is 0.672. The molecule has 0 radical (unpaired) electrons. The Morgan fingerprint density at radius 3 is 2.72 bits per heavy atom. The van der Waals surface area contributed by atoms with Crippen LogP contribution >= 0.6 is 23.2 Å². The Hall–Kier alpha value is -2.49. The number of nitrogens with two attached hydrogens (primary N) is 1. The number of nitrogens with zero attached hydrogens (tertiary/aromatic N) is 3. The lowest BCUT2D eigenvalue weighted by molar-refractivity contribution is 0.0107. The molecule has 0 bridgehead atoms. The molecular formula is C21H20Cl2F3N5O. The van der Waals surface area contributed by atoms with Crippen LogP contribution in [-0.4, -0.2) is 34.2 Å². The Morgan fingerprint density at radius 1 is 1.25 bits per heavy atom. The van der Waals surface area contributed by atoms with Crippen LogP contribution < -0.4 is 15.8 Å². The minimum atomic E-state index is -3.63. The van der Waals surface area contributed by atoms with E-state index in [1.807, 2.05) is 0 Å². The summed E-state index contributed by atoms with van der Waals surface area (Å²) in [6.45, 7) is -6.04. The number of hydrogen-bond donors (Lipinski definition) is 2. The molecule has 1 saturated heterocycles. The van der Waals surface area contributed by atoms with Gasteiger partial charge >= 0.3 is 0 Å². The number of nitrogen functional groups attached to an aromatic ring is 1. The molecule has 1 aromatic carbocycles. The molecule has 0 amide bonds. The van der Waals surface area contributed by atoms with Gasteiger partial charge in [-0.3, -0.25) is 4.68 Å². The van der Waals surface area contributed by atoms with E-state index in [0.717, 1.165) is 36.8 Å². The van der Waals surface area contributed by atoms with Gasteiger partial charge in [0.2, 0.25) is 0 Å². The second-order valence-corrected chi connectivity index (χ2v) is 7.15. The summed E-state index contributed by atoms with van der Waals surface area (Å²) in [5.74, 6) is -2.18. The van der Waals surface area contributed by atoms with Gasteiger partial charge in [-0.1, -0.05) is 23.2 Å². The average molecular weight is 495 g/mol. The van der Waals surface area contributed by atoms with Gasteiger partial charge in [-0.05, 0) is 43.9 Å². The van der Waals surface area contributed by atoms with Crippen molar-refractivity contribution in [2.45, 2.75) is 31.3 Å². The fourth-order valence-electron chi connectivity index (χ4n) is 2.81. The van der Waals surface area contributed by atoms with Crippen LogP contribution in [0.2, 0.25) is 10.0 Å².